The molecule has 0 bridgehead atoms. The summed E-state index contributed by atoms with van der Waals surface area (Å²) in [7, 11) is 4.12. The molecule has 0 saturated carbocycles. The van der Waals surface area contributed by atoms with E-state index in [0.717, 1.165) is 19.0 Å². The first-order valence-corrected chi connectivity index (χ1v) is 7.58. The van der Waals surface area contributed by atoms with Gasteiger partial charge in [0, 0.05) is 41.7 Å². The second-order valence-corrected chi connectivity index (χ2v) is 6.91. The quantitative estimate of drug-likeness (QED) is 0.807. The van der Waals surface area contributed by atoms with E-state index in [9.17, 15) is 0 Å². The fourth-order valence-corrected chi connectivity index (χ4v) is 3.52. The molecule has 2 aromatic heterocycles. The molecule has 2 rings (SSSR count). The van der Waals surface area contributed by atoms with Gasteiger partial charge in [0.05, 0.1) is 6.20 Å². The van der Waals surface area contributed by atoms with Gasteiger partial charge < -0.3 is 0 Å². The predicted molar refractivity (Wildman–Crippen MR) is 81.2 cm³/mol. The lowest BCUT2D eigenvalue weighted by atomic mass is 10.1. The van der Waals surface area contributed by atoms with E-state index in [-0.39, 0.29) is 0 Å². The molecular weight excluding hydrogens is 254 g/mol. The van der Waals surface area contributed by atoms with Gasteiger partial charge in [0.2, 0.25) is 0 Å². The summed E-state index contributed by atoms with van der Waals surface area (Å²) in [6.45, 7) is 6.50. The molecule has 0 aliphatic heterocycles. The van der Waals surface area contributed by atoms with E-state index >= 15 is 0 Å². The summed E-state index contributed by atoms with van der Waals surface area (Å²) in [5, 5.41) is 4.21. The zero-order valence-electron chi connectivity index (χ0n) is 12.3. The van der Waals surface area contributed by atoms with Gasteiger partial charge in [-0.2, -0.15) is 5.10 Å². The monoisotopic (exact) mass is 277 g/mol. The van der Waals surface area contributed by atoms with Crippen molar-refractivity contribution in [3.63, 3.8) is 0 Å². The number of rotatable bonds is 6. The minimum atomic E-state index is 0.736. The van der Waals surface area contributed by atoms with Crippen molar-refractivity contribution in [3.05, 3.63) is 39.8 Å². The molecule has 2 aromatic rings. The third-order valence-corrected chi connectivity index (χ3v) is 4.06. The van der Waals surface area contributed by atoms with E-state index in [0.29, 0.717) is 0 Å². The van der Waals surface area contributed by atoms with Gasteiger partial charge in [-0.05, 0) is 31.5 Å². The molecule has 104 valence electrons. The van der Waals surface area contributed by atoms with Crippen molar-refractivity contribution < 1.29 is 0 Å². The van der Waals surface area contributed by atoms with E-state index < -0.39 is 0 Å². The van der Waals surface area contributed by atoms with Crippen molar-refractivity contribution in [1.82, 2.24) is 14.7 Å². The minimum absolute atomic E-state index is 0.736. The molecule has 0 atom stereocenters. The van der Waals surface area contributed by atoms with Crippen molar-refractivity contribution >= 4 is 11.3 Å². The van der Waals surface area contributed by atoms with Gasteiger partial charge in [0.15, 0.2) is 0 Å². The Kier molecular flexibility index (Phi) is 4.77. The highest BCUT2D eigenvalue weighted by Crippen LogP contribution is 2.21. The molecule has 0 aliphatic carbocycles. The smallest absolute Gasteiger partial charge is 0.0534 e. The van der Waals surface area contributed by atoms with Crippen molar-refractivity contribution in [3.8, 4) is 0 Å². The predicted octanol–water partition coefficient (Wildman–Crippen LogP) is 3.31. The lowest BCUT2D eigenvalue weighted by Gasteiger charge is -2.14. The molecule has 0 amide bonds. The standard InChI is InChI=1S/C15H23N3S/c1-12(2)7-14-5-6-15(19-14)11-17(3)9-13-8-16-18(4)10-13/h5-6,8,10,12H,7,9,11H2,1-4H3. The Labute approximate surface area is 119 Å². The molecule has 0 saturated heterocycles. The van der Waals surface area contributed by atoms with Crippen molar-refractivity contribution in [1.29, 1.82) is 0 Å². The van der Waals surface area contributed by atoms with Gasteiger partial charge in [-0.1, -0.05) is 13.8 Å². The molecule has 0 aliphatic rings. The fourth-order valence-electron chi connectivity index (χ4n) is 2.21. The van der Waals surface area contributed by atoms with Crippen LogP contribution in [0.3, 0.4) is 0 Å². The van der Waals surface area contributed by atoms with Gasteiger partial charge in [-0.3, -0.25) is 9.58 Å². The molecule has 0 aromatic carbocycles. The van der Waals surface area contributed by atoms with Crippen LogP contribution < -0.4 is 0 Å². The Morgan fingerprint density at radius 1 is 1.26 bits per heavy atom. The molecule has 0 radical (unpaired) electrons. The summed E-state index contributed by atoms with van der Waals surface area (Å²) in [5.74, 6) is 0.736. The van der Waals surface area contributed by atoms with E-state index in [1.165, 1.54) is 21.7 Å². The van der Waals surface area contributed by atoms with Crippen LogP contribution in [-0.4, -0.2) is 21.7 Å². The van der Waals surface area contributed by atoms with Crippen molar-refractivity contribution in [2.75, 3.05) is 7.05 Å². The normalized spacial score (nSPS) is 11.7. The summed E-state index contributed by atoms with van der Waals surface area (Å²) in [4.78, 5) is 5.28. The summed E-state index contributed by atoms with van der Waals surface area (Å²) < 4.78 is 1.86. The van der Waals surface area contributed by atoms with Crippen LogP contribution in [0.5, 0.6) is 0 Å². The van der Waals surface area contributed by atoms with Crippen LogP contribution in [-0.2, 0) is 26.6 Å². The van der Waals surface area contributed by atoms with Crippen LogP contribution in [0.15, 0.2) is 24.5 Å². The topological polar surface area (TPSA) is 21.1 Å². The molecule has 2 heterocycles. The SMILES string of the molecule is CC(C)Cc1ccc(CN(C)Cc2cnn(C)c2)s1. The van der Waals surface area contributed by atoms with E-state index in [4.69, 9.17) is 0 Å². The Morgan fingerprint density at radius 3 is 2.63 bits per heavy atom. The second-order valence-electron chi connectivity index (χ2n) is 5.66. The first-order chi connectivity index (χ1) is 9.02. The van der Waals surface area contributed by atoms with Gasteiger partial charge in [0.25, 0.3) is 0 Å². The summed E-state index contributed by atoms with van der Waals surface area (Å²) >= 11 is 1.94. The molecule has 4 heteroatoms. The number of aromatic nitrogens is 2. The number of aryl methyl sites for hydroxylation is 1. The van der Waals surface area contributed by atoms with Crippen LogP contribution in [0, 0.1) is 5.92 Å². The Morgan fingerprint density at radius 2 is 2.00 bits per heavy atom. The van der Waals surface area contributed by atoms with Crippen LogP contribution >= 0.6 is 11.3 Å². The van der Waals surface area contributed by atoms with Crippen LogP contribution in [0.1, 0.15) is 29.2 Å². The van der Waals surface area contributed by atoms with Gasteiger partial charge in [-0.25, -0.2) is 0 Å². The van der Waals surface area contributed by atoms with Gasteiger partial charge >= 0.3 is 0 Å². The maximum absolute atomic E-state index is 4.21. The molecule has 19 heavy (non-hydrogen) atoms. The number of hydrogen-bond donors (Lipinski definition) is 0. The Bertz CT molecular complexity index is 513. The maximum atomic E-state index is 4.21. The van der Waals surface area contributed by atoms with Crippen molar-refractivity contribution in [2.24, 2.45) is 13.0 Å². The van der Waals surface area contributed by atoms with E-state index in [1.54, 1.807) is 0 Å². The summed E-state index contributed by atoms with van der Waals surface area (Å²) in [5.41, 5.74) is 1.27. The number of hydrogen-bond acceptors (Lipinski definition) is 3. The lowest BCUT2D eigenvalue weighted by molar-refractivity contribution is 0.322. The van der Waals surface area contributed by atoms with E-state index in [2.05, 4.69) is 49.2 Å². The van der Waals surface area contributed by atoms with Crippen LogP contribution in [0.4, 0.5) is 0 Å². The lowest BCUT2D eigenvalue weighted by Crippen LogP contribution is -2.16. The highest BCUT2D eigenvalue weighted by atomic mass is 32.1. The molecule has 0 fully saturated rings. The maximum Gasteiger partial charge on any atom is 0.0534 e. The second kappa shape index (κ2) is 6.35. The molecule has 0 unspecified atom stereocenters. The molecule has 3 nitrogen and oxygen atoms in total. The number of nitrogens with zero attached hydrogens (tertiary/aromatic N) is 3. The minimum Gasteiger partial charge on any atom is -0.297 e. The first kappa shape index (κ1) is 14.3. The highest BCUT2D eigenvalue weighted by Gasteiger charge is 2.07. The Hall–Kier alpha value is -1.13. The molecule has 0 spiro atoms. The summed E-state index contributed by atoms with van der Waals surface area (Å²) in [6, 6.07) is 4.54. The van der Waals surface area contributed by atoms with Gasteiger partial charge in [0.1, 0.15) is 0 Å². The highest BCUT2D eigenvalue weighted by molar-refractivity contribution is 7.11. The third-order valence-electron chi connectivity index (χ3n) is 2.96. The summed E-state index contributed by atoms with van der Waals surface area (Å²) in [6.07, 6.45) is 5.21. The van der Waals surface area contributed by atoms with Gasteiger partial charge in [-0.15, -0.1) is 11.3 Å². The van der Waals surface area contributed by atoms with Crippen LogP contribution in [0.25, 0.3) is 0 Å². The third kappa shape index (κ3) is 4.48. The zero-order valence-corrected chi connectivity index (χ0v) is 13.1. The van der Waals surface area contributed by atoms with Crippen molar-refractivity contribution in [2.45, 2.75) is 33.4 Å². The fraction of sp³-hybridized carbons (Fsp3) is 0.533. The Balaban J connectivity index is 1.88. The molecule has 0 N–H and O–H groups in total. The van der Waals surface area contributed by atoms with E-state index in [1.807, 2.05) is 29.3 Å². The molecular formula is C15H23N3S. The first-order valence-electron chi connectivity index (χ1n) is 6.76. The average Bonchev–Trinajstić information content (AvgIpc) is 2.88. The average molecular weight is 277 g/mol. The zero-order chi connectivity index (χ0) is 13.8. The number of thiophene rings is 1. The largest absolute Gasteiger partial charge is 0.297 e. The van der Waals surface area contributed by atoms with Crippen LogP contribution in [0.2, 0.25) is 0 Å².